The second kappa shape index (κ2) is 7.89. The first-order chi connectivity index (χ1) is 6.86. The molecule has 0 aromatic carbocycles. The van der Waals surface area contributed by atoms with Gasteiger partial charge >= 0.3 is 0 Å². The van der Waals surface area contributed by atoms with Gasteiger partial charge in [0.2, 0.25) is 0 Å². The Hall–Kier alpha value is 0.660. The summed E-state index contributed by atoms with van der Waals surface area (Å²) < 4.78 is 0. The van der Waals surface area contributed by atoms with Crippen molar-refractivity contribution in [3.8, 4) is 0 Å². The topological polar surface area (TPSA) is 12.0 Å². The van der Waals surface area contributed by atoms with Crippen molar-refractivity contribution in [1.29, 1.82) is 0 Å². The molecule has 1 fully saturated rings. The predicted octanol–water partition coefficient (Wildman–Crippen LogP) is 3.00. The molecule has 2 unspecified atom stereocenters. The van der Waals surface area contributed by atoms with E-state index in [2.05, 4.69) is 30.9 Å². The molecule has 14 heavy (non-hydrogen) atoms. The number of hydrogen-bond donors (Lipinski definition) is 1. The Morgan fingerprint density at radius 2 is 2.07 bits per heavy atom. The van der Waals surface area contributed by atoms with E-state index in [0.29, 0.717) is 0 Å². The lowest BCUT2D eigenvalue weighted by molar-refractivity contribution is 0.546. The lowest BCUT2D eigenvalue weighted by atomic mass is 10.2. The molecule has 0 aliphatic heterocycles. The van der Waals surface area contributed by atoms with Crippen LogP contribution in [0.25, 0.3) is 0 Å². The van der Waals surface area contributed by atoms with Crippen LogP contribution in [0.15, 0.2) is 0 Å². The van der Waals surface area contributed by atoms with Gasteiger partial charge in [-0.15, -0.1) is 0 Å². The van der Waals surface area contributed by atoms with Crippen LogP contribution in [-0.4, -0.2) is 35.1 Å². The fraction of sp³-hybridized carbons (Fsp3) is 1.00. The molecular weight excluding hydrogens is 210 g/mol. The van der Waals surface area contributed by atoms with Gasteiger partial charge in [-0.05, 0) is 30.8 Å². The molecule has 0 spiro atoms. The summed E-state index contributed by atoms with van der Waals surface area (Å²) in [6.07, 6.45) is 4.22. The third kappa shape index (κ3) is 4.94. The average Bonchev–Trinajstić information content (AvgIpc) is 2.61. The van der Waals surface area contributed by atoms with E-state index in [1.807, 2.05) is 11.8 Å². The van der Waals surface area contributed by atoms with E-state index in [1.54, 1.807) is 0 Å². The summed E-state index contributed by atoms with van der Waals surface area (Å²) >= 11 is 4.18. The van der Waals surface area contributed by atoms with Crippen molar-refractivity contribution in [1.82, 2.24) is 5.32 Å². The maximum absolute atomic E-state index is 3.67. The third-order valence-electron chi connectivity index (χ3n) is 2.67. The fourth-order valence-electron chi connectivity index (χ4n) is 1.99. The highest BCUT2D eigenvalue weighted by molar-refractivity contribution is 7.99. The second-order valence-corrected chi connectivity index (χ2v) is 6.71. The molecule has 0 heterocycles. The molecule has 0 aromatic rings. The van der Waals surface area contributed by atoms with Crippen LogP contribution in [0, 0.1) is 0 Å². The van der Waals surface area contributed by atoms with Gasteiger partial charge in [-0.2, -0.15) is 23.5 Å². The zero-order valence-electron chi connectivity index (χ0n) is 9.42. The lowest BCUT2D eigenvalue weighted by Gasteiger charge is -2.12. The standard InChI is InChI=1S/C11H23NS2/c1-3-13-8-7-12-10-5-6-11(9-10)14-4-2/h10-12H,3-9H2,1-2H3. The van der Waals surface area contributed by atoms with Gasteiger partial charge in [0.25, 0.3) is 0 Å². The Kier molecular flexibility index (Phi) is 7.17. The summed E-state index contributed by atoms with van der Waals surface area (Å²) in [4.78, 5) is 0. The Bertz CT molecular complexity index is 141. The van der Waals surface area contributed by atoms with Crippen LogP contribution in [0.3, 0.4) is 0 Å². The van der Waals surface area contributed by atoms with Crippen molar-refractivity contribution in [2.45, 2.75) is 44.4 Å². The Morgan fingerprint density at radius 1 is 1.21 bits per heavy atom. The van der Waals surface area contributed by atoms with Gasteiger partial charge in [0.05, 0.1) is 0 Å². The van der Waals surface area contributed by atoms with Crippen molar-refractivity contribution < 1.29 is 0 Å². The number of thioether (sulfide) groups is 2. The molecule has 0 amide bonds. The molecule has 2 atom stereocenters. The smallest absolute Gasteiger partial charge is 0.00783 e. The van der Waals surface area contributed by atoms with Crippen LogP contribution in [0.1, 0.15) is 33.1 Å². The highest BCUT2D eigenvalue weighted by Crippen LogP contribution is 2.29. The van der Waals surface area contributed by atoms with Crippen molar-refractivity contribution in [2.24, 2.45) is 0 Å². The number of hydrogen-bond acceptors (Lipinski definition) is 3. The SMILES string of the molecule is CCSCCNC1CCC(SCC)C1. The van der Waals surface area contributed by atoms with Gasteiger partial charge < -0.3 is 5.32 Å². The van der Waals surface area contributed by atoms with Crippen molar-refractivity contribution in [3.63, 3.8) is 0 Å². The molecule has 3 heteroatoms. The summed E-state index contributed by atoms with van der Waals surface area (Å²) in [6, 6.07) is 0.816. The zero-order valence-corrected chi connectivity index (χ0v) is 11.1. The minimum absolute atomic E-state index is 0.816. The van der Waals surface area contributed by atoms with E-state index < -0.39 is 0 Å². The number of nitrogens with one attached hydrogen (secondary N) is 1. The molecule has 1 nitrogen and oxygen atoms in total. The molecule has 1 aliphatic carbocycles. The Labute approximate surface area is 97.2 Å². The summed E-state index contributed by atoms with van der Waals surface area (Å²) in [6.45, 7) is 5.70. The molecule has 0 aromatic heterocycles. The molecule has 0 saturated heterocycles. The first-order valence-electron chi connectivity index (χ1n) is 5.79. The molecule has 1 saturated carbocycles. The van der Waals surface area contributed by atoms with Crippen molar-refractivity contribution in [2.75, 3.05) is 23.8 Å². The van der Waals surface area contributed by atoms with E-state index in [4.69, 9.17) is 0 Å². The van der Waals surface area contributed by atoms with Gasteiger partial charge in [0.15, 0.2) is 0 Å². The summed E-state index contributed by atoms with van der Waals surface area (Å²) in [5, 5.41) is 4.61. The predicted molar refractivity (Wildman–Crippen MR) is 70.6 cm³/mol. The van der Waals surface area contributed by atoms with Gasteiger partial charge in [-0.25, -0.2) is 0 Å². The quantitative estimate of drug-likeness (QED) is 0.679. The minimum Gasteiger partial charge on any atom is -0.313 e. The Morgan fingerprint density at radius 3 is 2.79 bits per heavy atom. The van der Waals surface area contributed by atoms with Crippen LogP contribution < -0.4 is 5.32 Å². The van der Waals surface area contributed by atoms with Crippen LogP contribution in [0.2, 0.25) is 0 Å². The van der Waals surface area contributed by atoms with Crippen LogP contribution in [0.5, 0.6) is 0 Å². The van der Waals surface area contributed by atoms with E-state index in [9.17, 15) is 0 Å². The first-order valence-corrected chi connectivity index (χ1v) is 7.99. The van der Waals surface area contributed by atoms with Crippen LogP contribution >= 0.6 is 23.5 Å². The third-order valence-corrected chi connectivity index (χ3v) is 4.80. The average molecular weight is 233 g/mol. The second-order valence-electron chi connectivity index (χ2n) is 3.74. The lowest BCUT2D eigenvalue weighted by Crippen LogP contribution is -2.28. The minimum atomic E-state index is 0.816. The van der Waals surface area contributed by atoms with E-state index in [-0.39, 0.29) is 0 Å². The van der Waals surface area contributed by atoms with Gasteiger partial charge in [-0.3, -0.25) is 0 Å². The van der Waals surface area contributed by atoms with Gasteiger partial charge in [0, 0.05) is 23.6 Å². The Balaban J connectivity index is 1.98. The summed E-state index contributed by atoms with van der Waals surface area (Å²) in [5.74, 6) is 3.81. The van der Waals surface area contributed by atoms with E-state index >= 15 is 0 Å². The molecule has 0 bridgehead atoms. The molecule has 84 valence electrons. The summed E-state index contributed by atoms with van der Waals surface area (Å²) in [7, 11) is 0. The van der Waals surface area contributed by atoms with Crippen LogP contribution in [-0.2, 0) is 0 Å². The highest BCUT2D eigenvalue weighted by atomic mass is 32.2. The van der Waals surface area contributed by atoms with E-state index in [0.717, 1.165) is 11.3 Å². The maximum atomic E-state index is 3.67. The molecule has 1 N–H and O–H groups in total. The molecule has 1 rings (SSSR count). The fourth-order valence-corrected chi connectivity index (χ4v) is 3.69. The number of rotatable bonds is 7. The zero-order chi connectivity index (χ0) is 10.2. The molecule has 0 radical (unpaired) electrons. The van der Waals surface area contributed by atoms with Crippen molar-refractivity contribution >= 4 is 23.5 Å². The van der Waals surface area contributed by atoms with Gasteiger partial charge in [-0.1, -0.05) is 13.8 Å². The van der Waals surface area contributed by atoms with Crippen molar-refractivity contribution in [3.05, 3.63) is 0 Å². The maximum Gasteiger partial charge on any atom is 0.00783 e. The monoisotopic (exact) mass is 233 g/mol. The summed E-state index contributed by atoms with van der Waals surface area (Å²) in [5.41, 5.74) is 0. The largest absolute Gasteiger partial charge is 0.313 e. The molecule has 1 aliphatic rings. The first kappa shape index (κ1) is 12.7. The molecular formula is C11H23NS2. The van der Waals surface area contributed by atoms with Gasteiger partial charge in [0.1, 0.15) is 0 Å². The highest BCUT2D eigenvalue weighted by Gasteiger charge is 2.23. The van der Waals surface area contributed by atoms with Crippen LogP contribution in [0.4, 0.5) is 0 Å². The van der Waals surface area contributed by atoms with E-state index in [1.165, 1.54) is 43.1 Å². The normalized spacial score (nSPS) is 27.0.